The molecule has 1 atom stereocenters. The van der Waals surface area contributed by atoms with Gasteiger partial charge < -0.3 is 5.32 Å². The zero-order chi connectivity index (χ0) is 13.8. The van der Waals surface area contributed by atoms with E-state index in [4.69, 9.17) is 0 Å². The van der Waals surface area contributed by atoms with Gasteiger partial charge >= 0.3 is 0 Å². The number of aromatic nitrogens is 3. The molecule has 0 saturated carbocycles. The molecule has 0 amide bonds. The highest BCUT2D eigenvalue weighted by molar-refractivity contribution is 5.42. The third kappa shape index (κ3) is 2.54. The number of imidazole rings is 1. The predicted octanol–water partition coefficient (Wildman–Crippen LogP) is 3.44. The SMILES string of the molecule is CC(Nc1nccn1-c1ccccc1)c1ccccn1. The predicted molar refractivity (Wildman–Crippen MR) is 79.8 cm³/mol. The topological polar surface area (TPSA) is 42.7 Å². The van der Waals surface area contributed by atoms with Crippen molar-refractivity contribution in [2.45, 2.75) is 13.0 Å². The molecule has 0 aliphatic carbocycles. The number of pyridine rings is 1. The lowest BCUT2D eigenvalue weighted by molar-refractivity contribution is 0.815. The van der Waals surface area contributed by atoms with Gasteiger partial charge in [0, 0.05) is 24.3 Å². The van der Waals surface area contributed by atoms with Crippen molar-refractivity contribution in [3.8, 4) is 5.69 Å². The highest BCUT2D eigenvalue weighted by atomic mass is 15.2. The Balaban J connectivity index is 1.84. The second-order valence-corrected chi connectivity index (χ2v) is 4.58. The zero-order valence-corrected chi connectivity index (χ0v) is 11.3. The number of anilines is 1. The van der Waals surface area contributed by atoms with Crippen LogP contribution < -0.4 is 5.32 Å². The van der Waals surface area contributed by atoms with Gasteiger partial charge in [-0.15, -0.1) is 0 Å². The van der Waals surface area contributed by atoms with E-state index in [0.717, 1.165) is 17.3 Å². The molecule has 2 aromatic heterocycles. The highest BCUT2D eigenvalue weighted by Gasteiger charge is 2.10. The fraction of sp³-hybridized carbons (Fsp3) is 0.125. The zero-order valence-electron chi connectivity index (χ0n) is 11.3. The summed E-state index contributed by atoms with van der Waals surface area (Å²) in [6.07, 6.45) is 5.54. The lowest BCUT2D eigenvalue weighted by Crippen LogP contribution is -2.12. The van der Waals surface area contributed by atoms with Crippen LogP contribution in [0.15, 0.2) is 67.1 Å². The second-order valence-electron chi connectivity index (χ2n) is 4.58. The van der Waals surface area contributed by atoms with Crippen LogP contribution in [0.5, 0.6) is 0 Å². The van der Waals surface area contributed by atoms with Gasteiger partial charge in [-0.05, 0) is 31.2 Å². The minimum Gasteiger partial charge on any atom is -0.347 e. The van der Waals surface area contributed by atoms with Crippen LogP contribution in [0, 0.1) is 0 Å². The van der Waals surface area contributed by atoms with Crippen LogP contribution in [0.1, 0.15) is 18.7 Å². The van der Waals surface area contributed by atoms with Crippen LogP contribution in [-0.2, 0) is 0 Å². The number of nitrogens with zero attached hydrogens (tertiary/aromatic N) is 3. The standard InChI is InChI=1S/C16H16N4/c1-13(15-9-5-6-10-17-15)19-16-18-11-12-20(16)14-7-3-2-4-8-14/h2-13H,1H3,(H,18,19). The fourth-order valence-electron chi connectivity index (χ4n) is 2.11. The number of hydrogen-bond donors (Lipinski definition) is 1. The molecule has 1 aromatic carbocycles. The van der Waals surface area contributed by atoms with Crippen LogP contribution in [0.3, 0.4) is 0 Å². The number of para-hydroxylation sites is 1. The molecule has 0 saturated heterocycles. The first kappa shape index (κ1) is 12.4. The monoisotopic (exact) mass is 264 g/mol. The summed E-state index contributed by atoms with van der Waals surface area (Å²) in [5.41, 5.74) is 2.08. The lowest BCUT2D eigenvalue weighted by Gasteiger charge is -2.15. The van der Waals surface area contributed by atoms with Gasteiger partial charge in [-0.1, -0.05) is 24.3 Å². The maximum absolute atomic E-state index is 4.38. The van der Waals surface area contributed by atoms with Gasteiger partial charge in [0.05, 0.1) is 11.7 Å². The Kier molecular flexibility index (Phi) is 3.46. The molecule has 1 unspecified atom stereocenters. The molecule has 0 aliphatic rings. The summed E-state index contributed by atoms with van der Waals surface area (Å²) in [6, 6.07) is 16.2. The Morgan fingerprint density at radius 3 is 2.50 bits per heavy atom. The van der Waals surface area contributed by atoms with Gasteiger partial charge in [0.25, 0.3) is 0 Å². The minimum atomic E-state index is 0.0982. The number of rotatable bonds is 4. The average molecular weight is 264 g/mol. The Hall–Kier alpha value is -2.62. The van der Waals surface area contributed by atoms with Crippen LogP contribution in [0.25, 0.3) is 5.69 Å². The molecule has 3 aromatic rings. The van der Waals surface area contributed by atoms with Gasteiger partial charge in [0.2, 0.25) is 5.95 Å². The largest absolute Gasteiger partial charge is 0.347 e. The van der Waals surface area contributed by atoms with Gasteiger partial charge in [-0.2, -0.15) is 0 Å². The fourth-order valence-corrected chi connectivity index (χ4v) is 2.11. The summed E-state index contributed by atoms with van der Waals surface area (Å²) in [7, 11) is 0. The first-order chi connectivity index (χ1) is 9.84. The Labute approximate surface area is 118 Å². The van der Waals surface area contributed by atoms with E-state index in [1.165, 1.54) is 0 Å². The van der Waals surface area contributed by atoms with E-state index in [9.17, 15) is 0 Å². The number of benzene rings is 1. The second kappa shape index (κ2) is 5.57. The minimum absolute atomic E-state index is 0.0982. The van der Waals surface area contributed by atoms with Crippen LogP contribution in [-0.4, -0.2) is 14.5 Å². The molecular weight excluding hydrogens is 248 g/mol. The summed E-state index contributed by atoms with van der Waals surface area (Å²) >= 11 is 0. The van der Waals surface area contributed by atoms with E-state index in [-0.39, 0.29) is 6.04 Å². The quantitative estimate of drug-likeness (QED) is 0.785. The highest BCUT2D eigenvalue weighted by Crippen LogP contribution is 2.19. The van der Waals surface area contributed by atoms with Crippen LogP contribution >= 0.6 is 0 Å². The molecule has 4 nitrogen and oxygen atoms in total. The average Bonchev–Trinajstić information content (AvgIpc) is 2.97. The normalized spacial score (nSPS) is 12.1. The van der Waals surface area contributed by atoms with Crippen molar-refractivity contribution < 1.29 is 0 Å². The van der Waals surface area contributed by atoms with Gasteiger partial charge in [-0.3, -0.25) is 9.55 Å². The van der Waals surface area contributed by atoms with Crippen LogP contribution in [0.2, 0.25) is 0 Å². The van der Waals surface area contributed by atoms with E-state index in [1.54, 1.807) is 12.4 Å². The molecule has 2 heterocycles. The van der Waals surface area contributed by atoms with Gasteiger partial charge in [-0.25, -0.2) is 4.98 Å². The smallest absolute Gasteiger partial charge is 0.207 e. The first-order valence-corrected chi connectivity index (χ1v) is 6.61. The molecule has 0 bridgehead atoms. The van der Waals surface area contributed by atoms with Crippen molar-refractivity contribution in [3.63, 3.8) is 0 Å². The lowest BCUT2D eigenvalue weighted by atomic mass is 10.2. The van der Waals surface area contributed by atoms with E-state index in [1.807, 2.05) is 47.2 Å². The van der Waals surface area contributed by atoms with Crippen molar-refractivity contribution in [3.05, 3.63) is 72.8 Å². The van der Waals surface area contributed by atoms with E-state index in [2.05, 4.69) is 34.3 Å². The number of nitrogens with one attached hydrogen (secondary N) is 1. The summed E-state index contributed by atoms with van der Waals surface area (Å²) in [5.74, 6) is 0.814. The summed E-state index contributed by atoms with van der Waals surface area (Å²) in [4.78, 5) is 8.74. The number of hydrogen-bond acceptors (Lipinski definition) is 3. The molecule has 1 N–H and O–H groups in total. The Morgan fingerprint density at radius 2 is 1.75 bits per heavy atom. The van der Waals surface area contributed by atoms with E-state index >= 15 is 0 Å². The molecule has 100 valence electrons. The molecule has 20 heavy (non-hydrogen) atoms. The van der Waals surface area contributed by atoms with Gasteiger partial charge in [0.15, 0.2) is 0 Å². The first-order valence-electron chi connectivity index (χ1n) is 6.61. The van der Waals surface area contributed by atoms with Crippen LogP contribution in [0.4, 0.5) is 5.95 Å². The maximum atomic E-state index is 4.38. The van der Waals surface area contributed by atoms with Crippen molar-refractivity contribution in [1.29, 1.82) is 0 Å². The molecular formula is C16H16N4. The van der Waals surface area contributed by atoms with Crippen molar-refractivity contribution in [1.82, 2.24) is 14.5 Å². The molecule has 3 rings (SSSR count). The summed E-state index contributed by atoms with van der Waals surface area (Å²) in [6.45, 7) is 2.08. The summed E-state index contributed by atoms with van der Waals surface area (Å²) < 4.78 is 2.03. The van der Waals surface area contributed by atoms with E-state index < -0.39 is 0 Å². The molecule has 0 radical (unpaired) electrons. The molecule has 0 aliphatic heterocycles. The van der Waals surface area contributed by atoms with Crippen molar-refractivity contribution in [2.24, 2.45) is 0 Å². The third-order valence-corrected chi connectivity index (χ3v) is 3.15. The van der Waals surface area contributed by atoms with Crippen molar-refractivity contribution in [2.75, 3.05) is 5.32 Å². The van der Waals surface area contributed by atoms with E-state index in [0.29, 0.717) is 0 Å². The molecule has 0 spiro atoms. The molecule has 4 heteroatoms. The Morgan fingerprint density at radius 1 is 0.950 bits per heavy atom. The maximum Gasteiger partial charge on any atom is 0.207 e. The molecule has 0 fully saturated rings. The third-order valence-electron chi connectivity index (χ3n) is 3.15. The summed E-state index contributed by atoms with van der Waals surface area (Å²) in [5, 5.41) is 3.39. The van der Waals surface area contributed by atoms with Crippen molar-refractivity contribution >= 4 is 5.95 Å². The van der Waals surface area contributed by atoms with Gasteiger partial charge in [0.1, 0.15) is 0 Å². The Bertz CT molecular complexity index is 661.